The zero-order chi connectivity index (χ0) is 14.2. The number of aliphatic carboxylic acids is 1. The van der Waals surface area contributed by atoms with Crippen LogP contribution in [0.3, 0.4) is 0 Å². The molecule has 0 bridgehead atoms. The molecule has 6 heteroatoms. The average molecular weight is 279 g/mol. The third kappa shape index (κ3) is 2.63. The normalized spacial score (nSPS) is 19.1. The molecule has 2 rings (SSSR count). The van der Waals surface area contributed by atoms with Crippen molar-refractivity contribution >= 4 is 34.6 Å². The molecular formula is C13H13NO4S. The number of aryl methyl sites for hydroxylation is 2. The summed E-state index contributed by atoms with van der Waals surface area (Å²) in [5.41, 5.74) is 2.28. The Morgan fingerprint density at radius 2 is 2.05 bits per heavy atom. The molecule has 0 spiro atoms. The van der Waals surface area contributed by atoms with Crippen LogP contribution in [0.25, 0.3) is 0 Å². The quantitative estimate of drug-likeness (QED) is 0.919. The van der Waals surface area contributed by atoms with E-state index in [9.17, 15) is 14.4 Å². The molecule has 1 heterocycles. The number of rotatable bonds is 3. The molecule has 0 radical (unpaired) electrons. The van der Waals surface area contributed by atoms with E-state index >= 15 is 0 Å². The number of hydrogen-bond acceptors (Lipinski definition) is 4. The van der Waals surface area contributed by atoms with Gasteiger partial charge in [-0.2, -0.15) is 0 Å². The molecule has 19 heavy (non-hydrogen) atoms. The van der Waals surface area contributed by atoms with Gasteiger partial charge in [0.2, 0.25) is 5.91 Å². The fourth-order valence-electron chi connectivity index (χ4n) is 1.92. The Morgan fingerprint density at radius 1 is 1.37 bits per heavy atom. The van der Waals surface area contributed by atoms with Crippen molar-refractivity contribution in [2.75, 3.05) is 4.90 Å². The number of anilines is 1. The Hall–Kier alpha value is -1.82. The molecule has 2 amide bonds. The van der Waals surface area contributed by atoms with E-state index in [0.717, 1.165) is 27.8 Å². The number of carboxylic acid groups (broad SMARTS) is 1. The molecule has 1 aromatic rings. The summed E-state index contributed by atoms with van der Waals surface area (Å²) in [5.74, 6) is -1.53. The molecule has 1 aromatic carbocycles. The third-order valence-corrected chi connectivity index (χ3v) is 3.92. The van der Waals surface area contributed by atoms with E-state index in [1.54, 1.807) is 6.07 Å². The number of nitrogens with zero attached hydrogens (tertiary/aromatic N) is 1. The fraction of sp³-hybridized carbons (Fsp3) is 0.308. The number of benzene rings is 1. The standard InChI is InChI=1S/C13H13NO4S/c1-7-3-4-8(2)9(5-7)14-12(17)10(6-11(15)16)19-13(14)18/h3-5,10H,6H2,1-2H3,(H,15,16)/t10-/m0/s1. The summed E-state index contributed by atoms with van der Waals surface area (Å²) in [4.78, 5) is 35.8. The average Bonchev–Trinajstić information content (AvgIpc) is 2.57. The van der Waals surface area contributed by atoms with Gasteiger partial charge in [-0.25, -0.2) is 4.90 Å². The van der Waals surface area contributed by atoms with Gasteiger partial charge in [0.05, 0.1) is 12.1 Å². The van der Waals surface area contributed by atoms with Crippen molar-refractivity contribution in [1.82, 2.24) is 0 Å². The maximum absolute atomic E-state index is 12.1. The first-order valence-electron chi connectivity index (χ1n) is 5.74. The fourth-order valence-corrected chi connectivity index (χ4v) is 2.89. The second-order valence-corrected chi connectivity index (χ2v) is 5.59. The zero-order valence-electron chi connectivity index (χ0n) is 10.5. The number of carbonyl (C=O) groups excluding carboxylic acids is 2. The van der Waals surface area contributed by atoms with E-state index in [1.165, 1.54) is 0 Å². The van der Waals surface area contributed by atoms with Gasteiger partial charge in [-0.1, -0.05) is 12.1 Å². The van der Waals surface area contributed by atoms with Crippen LogP contribution in [-0.4, -0.2) is 27.5 Å². The highest BCUT2D eigenvalue weighted by molar-refractivity contribution is 8.15. The second kappa shape index (κ2) is 5.05. The van der Waals surface area contributed by atoms with E-state index in [2.05, 4.69) is 0 Å². The summed E-state index contributed by atoms with van der Waals surface area (Å²) in [5, 5.41) is 7.50. The molecule has 0 saturated carbocycles. The van der Waals surface area contributed by atoms with Gasteiger partial charge in [-0.15, -0.1) is 0 Å². The minimum atomic E-state index is -1.08. The number of carboxylic acids is 1. The van der Waals surface area contributed by atoms with Crippen molar-refractivity contribution in [3.05, 3.63) is 29.3 Å². The van der Waals surface area contributed by atoms with Gasteiger partial charge >= 0.3 is 5.97 Å². The van der Waals surface area contributed by atoms with Crippen LogP contribution in [0.15, 0.2) is 18.2 Å². The van der Waals surface area contributed by atoms with Gasteiger partial charge in [-0.3, -0.25) is 14.4 Å². The highest BCUT2D eigenvalue weighted by Gasteiger charge is 2.42. The Balaban J connectivity index is 2.35. The van der Waals surface area contributed by atoms with Crippen LogP contribution in [0.2, 0.25) is 0 Å². The van der Waals surface area contributed by atoms with Crippen molar-refractivity contribution in [3.63, 3.8) is 0 Å². The van der Waals surface area contributed by atoms with Crippen LogP contribution in [0.4, 0.5) is 10.5 Å². The lowest BCUT2D eigenvalue weighted by Gasteiger charge is -2.16. The Labute approximate surface area is 114 Å². The van der Waals surface area contributed by atoms with Crippen LogP contribution < -0.4 is 4.90 Å². The smallest absolute Gasteiger partial charge is 0.305 e. The number of imide groups is 1. The number of thioether (sulfide) groups is 1. The lowest BCUT2D eigenvalue weighted by Crippen LogP contribution is -2.32. The first kappa shape index (κ1) is 13.6. The Bertz CT molecular complexity index is 570. The molecule has 1 fully saturated rings. The van der Waals surface area contributed by atoms with Crippen molar-refractivity contribution in [2.24, 2.45) is 0 Å². The monoisotopic (exact) mass is 279 g/mol. The van der Waals surface area contributed by atoms with E-state index in [1.807, 2.05) is 26.0 Å². The van der Waals surface area contributed by atoms with E-state index < -0.39 is 22.4 Å². The van der Waals surface area contributed by atoms with Gasteiger partial charge in [0.25, 0.3) is 5.24 Å². The van der Waals surface area contributed by atoms with Gasteiger partial charge < -0.3 is 5.11 Å². The Morgan fingerprint density at radius 3 is 2.68 bits per heavy atom. The van der Waals surface area contributed by atoms with Gasteiger partial charge in [0.1, 0.15) is 5.25 Å². The van der Waals surface area contributed by atoms with Crippen LogP contribution in [0, 0.1) is 13.8 Å². The molecule has 0 aromatic heterocycles. The van der Waals surface area contributed by atoms with Gasteiger partial charge in [0, 0.05) is 0 Å². The van der Waals surface area contributed by atoms with Crippen molar-refractivity contribution in [2.45, 2.75) is 25.5 Å². The second-order valence-electron chi connectivity index (χ2n) is 4.43. The minimum absolute atomic E-state index is 0.337. The van der Waals surface area contributed by atoms with Crippen LogP contribution in [0.5, 0.6) is 0 Å². The summed E-state index contributed by atoms with van der Waals surface area (Å²) in [6.45, 7) is 3.68. The lowest BCUT2D eigenvalue weighted by molar-refractivity contribution is -0.138. The molecule has 1 aliphatic rings. The maximum Gasteiger partial charge on any atom is 0.305 e. The molecule has 5 nitrogen and oxygen atoms in total. The highest BCUT2D eigenvalue weighted by atomic mass is 32.2. The molecule has 100 valence electrons. The molecule has 1 aliphatic heterocycles. The Kier molecular flexibility index (Phi) is 3.61. The summed E-state index contributed by atoms with van der Waals surface area (Å²) < 4.78 is 0. The van der Waals surface area contributed by atoms with Gasteiger partial charge in [-0.05, 0) is 42.8 Å². The zero-order valence-corrected chi connectivity index (χ0v) is 11.4. The van der Waals surface area contributed by atoms with Crippen LogP contribution in [0.1, 0.15) is 17.5 Å². The van der Waals surface area contributed by atoms with Gasteiger partial charge in [0.15, 0.2) is 0 Å². The van der Waals surface area contributed by atoms with E-state index in [4.69, 9.17) is 5.11 Å². The topological polar surface area (TPSA) is 74.7 Å². The third-order valence-electron chi connectivity index (χ3n) is 2.89. The predicted octanol–water partition coefficient (Wildman–Crippen LogP) is 2.35. The maximum atomic E-state index is 12.1. The van der Waals surface area contributed by atoms with Crippen molar-refractivity contribution < 1.29 is 19.5 Å². The number of hydrogen-bond donors (Lipinski definition) is 1. The summed E-state index contributed by atoms with van der Waals surface area (Å²) in [6, 6.07) is 5.49. The summed E-state index contributed by atoms with van der Waals surface area (Å²) in [6.07, 6.45) is -0.337. The largest absolute Gasteiger partial charge is 0.481 e. The van der Waals surface area contributed by atoms with E-state index in [0.29, 0.717) is 5.69 Å². The first-order chi connectivity index (χ1) is 8.90. The molecule has 1 atom stereocenters. The minimum Gasteiger partial charge on any atom is -0.481 e. The van der Waals surface area contributed by atoms with E-state index in [-0.39, 0.29) is 6.42 Å². The lowest BCUT2D eigenvalue weighted by atomic mass is 10.1. The molecule has 0 unspecified atom stereocenters. The summed E-state index contributed by atoms with van der Waals surface area (Å²) in [7, 11) is 0. The number of amides is 2. The molecule has 1 saturated heterocycles. The number of carbonyl (C=O) groups is 3. The predicted molar refractivity (Wildman–Crippen MR) is 72.4 cm³/mol. The summed E-state index contributed by atoms with van der Waals surface area (Å²) >= 11 is 0.776. The molecular weight excluding hydrogens is 266 g/mol. The van der Waals surface area contributed by atoms with Crippen LogP contribution in [-0.2, 0) is 9.59 Å². The molecule has 1 N–H and O–H groups in total. The highest BCUT2D eigenvalue weighted by Crippen LogP contribution is 2.35. The molecule has 0 aliphatic carbocycles. The van der Waals surface area contributed by atoms with Crippen LogP contribution >= 0.6 is 11.8 Å². The first-order valence-corrected chi connectivity index (χ1v) is 6.61. The van der Waals surface area contributed by atoms with Crippen molar-refractivity contribution in [3.8, 4) is 0 Å². The SMILES string of the molecule is Cc1ccc(C)c(N2C(=O)S[C@@H](CC(=O)O)C2=O)c1. The van der Waals surface area contributed by atoms with Crippen molar-refractivity contribution in [1.29, 1.82) is 0 Å².